The molecule has 2 aromatic rings. The SMILES string of the molecule is NC(=O)C(c1ccc(F)cc1)c1ccc(COC(=O)NCCC(=O)O)cc1. The molecule has 142 valence electrons. The fraction of sp³-hybridized carbons (Fsp3) is 0.211. The van der Waals surface area contributed by atoms with Crippen LogP contribution >= 0.6 is 0 Å². The molecule has 0 aliphatic carbocycles. The number of carboxylic acids is 1. The van der Waals surface area contributed by atoms with E-state index in [4.69, 9.17) is 15.6 Å². The first-order valence-electron chi connectivity index (χ1n) is 8.13. The van der Waals surface area contributed by atoms with Crippen LogP contribution in [-0.2, 0) is 20.9 Å². The summed E-state index contributed by atoms with van der Waals surface area (Å²) in [5, 5.41) is 10.8. The van der Waals surface area contributed by atoms with Crippen LogP contribution in [0.2, 0.25) is 0 Å². The number of nitrogens with two attached hydrogens (primary N) is 1. The Morgan fingerprint density at radius 3 is 2.11 bits per heavy atom. The largest absolute Gasteiger partial charge is 0.481 e. The second kappa shape index (κ2) is 9.33. The number of carboxylic acid groups (broad SMARTS) is 1. The van der Waals surface area contributed by atoms with E-state index in [0.29, 0.717) is 16.7 Å². The molecule has 1 unspecified atom stereocenters. The van der Waals surface area contributed by atoms with E-state index in [2.05, 4.69) is 5.32 Å². The van der Waals surface area contributed by atoms with Crippen LogP contribution in [0.1, 0.15) is 29.0 Å². The minimum atomic E-state index is -1.02. The zero-order valence-electron chi connectivity index (χ0n) is 14.4. The van der Waals surface area contributed by atoms with Crippen LogP contribution in [0.15, 0.2) is 48.5 Å². The van der Waals surface area contributed by atoms with Crippen molar-refractivity contribution in [3.05, 3.63) is 71.0 Å². The zero-order chi connectivity index (χ0) is 19.8. The molecule has 0 fully saturated rings. The summed E-state index contributed by atoms with van der Waals surface area (Å²) in [6, 6.07) is 12.2. The van der Waals surface area contributed by atoms with Crippen LogP contribution in [0.3, 0.4) is 0 Å². The number of carbonyl (C=O) groups is 3. The van der Waals surface area contributed by atoms with Crippen LogP contribution in [-0.4, -0.2) is 29.6 Å². The van der Waals surface area contributed by atoms with Gasteiger partial charge in [-0.1, -0.05) is 36.4 Å². The summed E-state index contributed by atoms with van der Waals surface area (Å²) in [6.45, 7) is -0.0396. The number of hydrogen-bond acceptors (Lipinski definition) is 4. The maximum absolute atomic E-state index is 13.1. The van der Waals surface area contributed by atoms with Gasteiger partial charge in [0.25, 0.3) is 0 Å². The second-order valence-corrected chi connectivity index (χ2v) is 5.78. The molecular formula is C19H19FN2O5. The van der Waals surface area contributed by atoms with Crippen molar-refractivity contribution in [1.82, 2.24) is 5.32 Å². The standard InChI is InChI=1S/C19H19FN2O5/c20-15-7-5-14(6-8-15)17(18(21)25)13-3-1-12(2-4-13)11-27-19(26)22-10-9-16(23)24/h1-8,17H,9-11H2,(H2,21,25)(H,22,26)(H,23,24). The van der Waals surface area contributed by atoms with Crippen LogP contribution < -0.4 is 11.1 Å². The van der Waals surface area contributed by atoms with Crippen molar-refractivity contribution in [1.29, 1.82) is 0 Å². The molecule has 0 radical (unpaired) electrons. The summed E-state index contributed by atoms with van der Waals surface area (Å²) in [6.07, 6.45) is -0.913. The normalized spacial score (nSPS) is 11.4. The van der Waals surface area contributed by atoms with Gasteiger partial charge < -0.3 is 20.9 Å². The van der Waals surface area contributed by atoms with Crippen molar-refractivity contribution in [3.63, 3.8) is 0 Å². The Kier molecular flexibility index (Phi) is 6.87. The quantitative estimate of drug-likeness (QED) is 0.654. The predicted octanol–water partition coefficient (Wildman–Crippen LogP) is 2.14. The number of rotatable bonds is 8. The number of nitrogens with one attached hydrogen (secondary N) is 1. The van der Waals surface area contributed by atoms with Crippen LogP contribution in [0.25, 0.3) is 0 Å². The Hall–Kier alpha value is -3.42. The van der Waals surface area contributed by atoms with E-state index in [9.17, 15) is 18.8 Å². The molecule has 2 rings (SSSR count). The van der Waals surface area contributed by atoms with E-state index in [1.807, 2.05) is 0 Å². The minimum Gasteiger partial charge on any atom is -0.481 e. The second-order valence-electron chi connectivity index (χ2n) is 5.78. The van der Waals surface area contributed by atoms with Gasteiger partial charge >= 0.3 is 12.1 Å². The van der Waals surface area contributed by atoms with Gasteiger partial charge in [-0.15, -0.1) is 0 Å². The van der Waals surface area contributed by atoms with Gasteiger partial charge in [0.05, 0.1) is 12.3 Å². The van der Waals surface area contributed by atoms with Crippen molar-refractivity contribution in [2.75, 3.05) is 6.54 Å². The van der Waals surface area contributed by atoms with Gasteiger partial charge in [-0.3, -0.25) is 9.59 Å². The molecule has 0 heterocycles. The first kappa shape index (κ1) is 19.9. The zero-order valence-corrected chi connectivity index (χ0v) is 14.4. The number of hydrogen-bond donors (Lipinski definition) is 3. The number of aliphatic carboxylic acids is 1. The third-order valence-electron chi connectivity index (χ3n) is 3.78. The smallest absolute Gasteiger partial charge is 0.407 e. The lowest BCUT2D eigenvalue weighted by molar-refractivity contribution is -0.136. The molecule has 2 amide bonds. The van der Waals surface area contributed by atoms with Crippen LogP contribution in [0.5, 0.6) is 0 Å². The summed E-state index contributed by atoms with van der Waals surface area (Å²) in [5.74, 6) is -2.71. The molecule has 0 aliphatic rings. The first-order valence-corrected chi connectivity index (χ1v) is 8.13. The van der Waals surface area contributed by atoms with E-state index in [-0.39, 0.29) is 19.6 Å². The Bertz CT molecular complexity index is 806. The molecule has 8 heteroatoms. The monoisotopic (exact) mass is 374 g/mol. The molecule has 0 aromatic heterocycles. The number of carbonyl (C=O) groups excluding carboxylic acids is 2. The van der Waals surface area contributed by atoms with Gasteiger partial charge in [0.1, 0.15) is 12.4 Å². The van der Waals surface area contributed by atoms with Gasteiger partial charge in [0.2, 0.25) is 5.91 Å². The highest BCUT2D eigenvalue weighted by Gasteiger charge is 2.20. The third kappa shape index (κ3) is 6.10. The maximum Gasteiger partial charge on any atom is 0.407 e. The van der Waals surface area contributed by atoms with Crippen molar-refractivity contribution in [3.8, 4) is 0 Å². The Morgan fingerprint density at radius 2 is 1.59 bits per heavy atom. The number of ether oxygens (including phenoxy) is 1. The third-order valence-corrected chi connectivity index (χ3v) is 3.78. The Labute approximate surface area is 154 Å². The Morgan fingerprint density at radius 1 is 1.04 bits per heavy atom. The molecule has 0 saturated carbocycles. The minimum absolute atomic E-state index is 0.0169. The van der Waals surface area contributed by atoms with Gasteiger partial charge in [-0.2, -0.15) is 0 Å². The van der Waals surface area contributed by atoms with E-state index in [1.54, 1.807) is 24.3 Å². The predicted molar refractivity (Wildman–Crippen MR) is 94.3 cm³/mol. The fourth-order valence-electron chi connectivity index (χ4n) is 2.45. The molecular weight excluding hydrogens is 355 g/mol. The number of benzene rings is 2. The Balaban J connectivity index is 1.98. The number of alkyl carbamates (subject to hydrolysis) is 1. The highest BCUT2D eigenvalue weighted by Crippen LogP contribution is 2.25. The summed E-state index contributed by atoms with van der Waals surface area (Å²) in [7, 11) is 0. The molecule has 7 nitrogen and oxygen atoms in total. The molecule has 27 heavy (non-hydrogen) atoms. The maximum atomic E-state index is 13.1. The van der Waals surface area contributed by atoms with E-state index in [1.165, 1.54) is 24.3 Å². The number of halogens is 1. The van der Waals surface area contributed by atoms with Crippen molar-refractivity contribution in [2.45, 2.75) is 18.9 Å². The van der Waals surface area contributed by atoms with Gasteiger partial charge in [0.15, 0.2) is 0 Å². The lowest BCUT2D eigenvalue weighted by Gasteiger charge is -2.15. The molecule has 1 atom stereocenters. The van der Waals surface area contributed by atoms with Crippen LogP contribution in [0.4, 0.5) is 9.18 Å². The van der Waals surface area contributed by atoms with Crippen molar-refractivity contribution in [2.24, 2.45) is 5.73 Å². The summed E-state index contributed by atoms with van der Waals surface area (Å²) >= 11 is 0. The summed E-state index contributed by atoms with van der Waals surface area (Å²) in [5.41, 5.74) is 7.37. The highest BCUT2D eigenvalue weighted by molar-refractivity contribution is 5.85. The molecule has 0 spiro atoms. The number of amides is 2. The van der Waals surface area contributed by atoms with Crippen LogP contribution in [0, 0.1) is 5.82 Å². The van der Waals surface area contributed by atoms with Gasteiger partial charge in [-0.05, 0) is 28.8 Å². The summed E-state index contributed by atoms with van der Waals surface area (Å²) < 4.78 is 18.1. The van der Waals surface area contributed by atoms with E-state index in [0.717, 1.165) is 0 Å². The van der Waals surface area contributed by atoms with Gasteiger partial charge in [0, 0.05) is 6.54 Å². The average Bonchev–Trinajstić information content (AvgIpc) is 2.62. The average molecular weight is 374 g/mol. The van der Waals surface area contributed by atoms with Crippen molar-refractivity contribution >= 4 is 18.0 Å². The van der Waals surface area contributed by atoms with E-state index < -0.39 is 29.7 Å². The molecule has 0 aliphatic heterocycles. The first-order chi connectivity index (χ1) is 12.9. The topological polar surface area (TPSA) is 119 Å². The summed E-state index contributed by atoms with van der Waals surface area (Å²) in [4.78, 5) is 33.7. The van der Waals surface area contributed by atoms with Crippen molar-refractivity contribution < 1.29 is 28.6 Å². The molecule has 0 bridgehead atoms. The number of primary amides is 1. The fourth-order valence-corrected chi connectivity index (χ4v) is 2.45. The van der Waals surface area contributed by atoms with Gasteiger partial charge in [-0.25, -0.2) is 9.18 Å². The highest BCUT2D eigenvalue weighted by atomic mass is 19.1. The van der Waals surface area contributed by atoms with E-state index >= 15 is 0 Å². The lowest BCUT2D eigenvalue weighted by Crippen LogP contribution is -2.26. The lowest BCUT2D eigenvalue weighted by atomic mass is 9.90. The molecule has 4 N–H and O–H groups in total. The molecule has 0 saturated heterocycles. The molecule has 2 aromatic carbocycles.